The molecule has 4 heteroatoms. The zero-order valence-electron chi connectivity index (χ0n) is 12.7. The van der Waals surface area contributed by atoms with Crippen LogP contribution in [0.1, 0.15) is 35.0 Å². The number of hydrogen-bond acceptors (Lipinski definition) is 3. The van der Waals surface area contributed by atoms with Gasteiger partial charge in [0, 0.05) is 17.9 Å². The standard InChI is InChI=1S/C17H21N3O/c1-4-9-18-15-8-6-5-7-14(15)17(21)20-16-11-12(2)10-13(3)19-16/h5-8,10-11,18H,4,9H2,1-3H3,(H,19,20,21). The highest BCUT2D eigenvalue weighted by Gasteiger charge is 2.11. The Morgan fingerprint density at radius 2 is 1.95 bits per heavy atom. The molecule has 110 valence electrons. The maximum Gasteiger partial charge on any atom is 0.258 e. The molecule has 0 atom stereocenters. The van der Waals surface area contributed by atoms with Crippen LogP contribution in [0.2, 0.25) is 0 Å². The summed E-state index contributed by atoms with van der Waals surface area (Å²) in [6, 6.07) is 11.4. The Balaban J connectivity index is 2.20. The second-order valence-electron chi connectivity index (χ2n) is 5.10. The molecule has 0 bridgehead atoms. The average Bonchev–Trinajstić information content (AvgIpc) is 2.44. The molecular weight excluding hydrogens is 262 g/mol. The minimum atomic E-state index is -0.147. The molecule has 21 heavy (non-hydrogen) atoms. The molecule has 0 saturated carbocycles. The van der Waals surface area contributed by atoms with E-state index in [1.54, 1.807) is 0 Å². The fraction of sp³-hybridized carbons (Fsp3) is 0.294. The molecule has 0 aliphatic rings. The minimum absolute atomic E-state index is 0.147. The van der Waals surface area contributed by atoms with Crippen LogP contribution < -0.4 is 10.6 Å². The number of carbonyl (C=O) groups is 1. The minimum Gasteiger partial charge on any atom is -0.384 e. The summed E-state index contributed by atoms with van der Waals surface area (Å²) in [4.78, 5) is 16.8. The zero-order valence-corrected chi connectivity index (χ0v) is 12.7. The van der Waals surface area contributed by atoms with E-state index in [2.05, 4.69) is 22.5 Å². The summed E-state index contributed by atoms with van der Waals surface area (Å²) in [6.45, 7) is 6.84. The first-order chi connectivity index (χ1) is 10.1. The summed E-state index contributed by atoms with van der Waals surface area (Å²) in [5, 5.41) is 6.14. The third-order valence-electron chi connectivity index (χ3n) is 3.08. The van der Waals surface area contributed by atoms with E-state index in [4.69, 9.17) is 0 Å². The number of aryl methyl sites for hydroxylation is 2. The highest BCUT2D eigenvalue weighted by Crippen LogP contribution is 2.17. The van der Waals surface area contributed by atoms with E-state index in [0.717, 1.165) is 29.9 Å². The van der Waals surface area contributed by atoms with E-state index in [9.17, 15) is 4.79 Å². The normalized spacial score (nSPS) is 10.2. The van der Waals surface area contributed by atoms with E-state index in [1.165, 1.54) is 0 Å². The number of aromatic nitrogens is 1. The summed E-state index contributed by atoms with van der Waals surface area (Å²) in [6.07, 6.45) is 1.01. The highest BCUT2D eigenvalue weighted by molar-refractivity contribution is 6.07. The lowest BCUT2D eigenvalue weighted by Crippen LogP contribution is -2.16. The van der Waals surface area contributed by atoms with Crippen LogP contribution in [0.25, 0.3) is 0 Å². The number of para-hydroxylation sites is 1. The number of benzene rings is 1. The van der Waals surface area contributed by atoms with Crippen molar-refractivity contribution < 1.29 is 4.79 Å². The second kappa shape index (κ2) is 6.88. The Labute approximate surface area is 125 Å². The van der Waals surface area contributed by atoms with Crippen LogP contribution in [0.15, 0.2) is 36.4 Å². The van der Waals surface area contributed by atoms with Crippen LogP contribution in [-0.4, -0.2) is 17.4 Å². The Kier molecular flexibility index (Phi) is 4.93. The predicted molar refractivity (Wildman–Crippen MR) is 86.9 cm³/mol. The molecule has 0 saturated heterocycles. The van der Waals surface area contributed by atoms with Gasteiger partial charge >= 0.3 is 0 Å². The fourth-order valence-electron chi connectivity index (χ4n) is 2.18. The van der Waals surface area contributed by atoms with Gasteiger partial charge in [0.2, 0.25) is 0 Å². The fourth-order valence-corrected chi connectivity index (χ4v) is 2.18. The van der Waals surface area contributed by atoms with E-state index >= 15 is 0 Å². The van der Waals surface area contributed by atoms with Crippen molar-refractivity contribution in [2.24, 2.45) is 0 Å². The molecule has 0 spiro atoms. The molecular formula is C17H21N3O. The number of carbonyl (C=O) groups excluding carboxylic acids is 1. The number of rotatable bonds is 5. The first-order valence-electron chi connectivity index (χ1n) is 7.19. The van der Waals surface area contributed by atoms with E-state index in [-0.39, 0.29) is 5.91 Å². The van der Waals surface area contributed by atoms with Gasteiger partial charge in [-0.3, -0.25) is 4.79 Å². The summed E-state index contributed by atoms with van der Waals surface area (Å²) in [7, 11) is 0. The van der Waals surface area contributed by atoms with E-state index in [0.29, 0.717) is 11.4 Å². The first-order valence-corrected chi connectivity index (χ1v) is 7.19. The number of amides is 1. The van der Waals surface area contributed by atoms with Crippen molar-refractivity contribution in [3.63, 3.8) is 0 Å². The molecule has 2 rings (SSSR count). The smallest absolute Gasteiger partial charge is 0.258 e. The number of nitrogens with zero attached hydrogens (tertiary/aromatic N) is 1. The molecule has 0 aliphatic heterocycles. The number of nitrogens with one attached hydrogen (secondary N) is 2. The van der Waals surface area contributed by atoms with Gasteiger partial charge in [0.25, 0.3) is 5.91 Å². The average molecular weight is 283 g/mol. The van der Waals surface area contributed by atoms with Gasteiger partial charge in [-0.15, -0.1) is 0 Å². The molecule has 0 radical (unpaired) electrons. The molecule has 2 aromatic rings. The summed E-state index contributed by atoms with van der Waals surface area (Å²) in [5.41, 5.74) is 3.45. The Bertz CT molecular complexity index is 617. The molecule has 0 fully saturated rings. The first kappa shape index (κ1) is 15.0. The van der Waals surface area contributed by atoms with Gasteiger partial charge in [-0.1, -0.05) is 19.1 Å². The highest BCUT2D eigenvalue weighted by atomic mass is 16.1. The molecule has 2 N–H and O–H groups in total. The van der Waals surface area contributed by atoms with Gasteiger partial charge < -0.3 is 10.6 Å². The van der Waals surface area contributed by atoms with Crippen LogP contribution in [-0.2, 0) is 0 Å². The SMILES string of the molecule is CCCNc1ccccc1C(=O)Nc1cc(C)cc(C)n1. The molecule has 1 amide bonds. The van der Waals surface area contributed by atoms with Crippen LogP contribution in [0, 0.1) is 13.8 Å². The van der Waals surface area contributed by atoms with Crippen LogP contribution in [0.3, 0.4) is 0 Å². The van der Waals surface area contributed by atoms with Gasteiger partial charge in [-0.2, -0.15) is 0 Å². The van der Waals surface area contributed by atoms with Crippen molar-refractivity contribution in [3.05, 3.63) is 53.2 Å². The third kappa shape index (κ3) is 4.05. The van der Waals surface area contributed by atoms with E-state index in [1.807, 2.05) is 50.2 Å². The lowest BCUT2D eigenvalue weighted by Gasteiger charge is -2.12. The quantitative estimate of drug-likeness (QED) is 0.878. The Hall–Kier alpha value is -2.36. The van der Waals surface area contributed by atoms with Crippen molar-refractivity contribution >= 4 is 17.4 Å². The number of hydrogen-bond donors (Lipinski definition) is 2. The van der Waals surface area contributed by atoms with Crippen molar-refractivity contribution in [3.8, 4) is 0 Å². The maximum absolute atomic E-state index is 12.4. The molecule has 0 unspecified atom stereocenters. The second-order valence-corrected chi connectivity index (χ2v) is 5.10. The summed E-state index contributed by atoms with van der Waals surface area (Å²) >= 11 is 0. The molecule has 1 aromatic carbocycles. The largest absolute Gasteiger partial charge is 0.384 e. The van der Waals surface area contributed by atoms with Gasteiger partial charge in [-0.05, 0) is 50.1 Å². The van der Waals surface area contributed by atoms with Gasteiger partial charge in [-0.25, -0.2) is 4.98 Å². The Morgan fingerprint density at radius 3 is 2.67 bits per heavy atom. The van der Waals surface area contributed by atoms with Crippen molar-refractivity contribution in [2.75, 3.05) is 17.2 Å². The van der Waals surface area contributed by atoms with E-state index < -0.39 is 0 Å². The molecule has 1 aromatic heterocycles. The third-order valence-corrected chi connectivity index (χ3v) is 3.08. The molecule has 4 nitrogen and oxygen atoms in total. The van der Waals surface area contributed by atoms with Crippen molar-refractivity contribution in [1.29, 1.82) is 0 Å². The summed E-state index contributed by atoms with van der Waals surface area (Å²) < 4.78 is 0. The lowest BCUT2D eigenvalue weighted by atomic mass is 10.1. The van der Waals surface area contributed by atoms with Crippen LogP contribution in [0.5, 0.6) is 0 Å². The zero-order chi connectivity index (χ0) is 15.2. The molecule has 0 aliphatic carbocycles. The summed E-state index contributed by atoms with van der Waals surface area (Å²) in [5.74, 6) is 0.439. The maximum atomic E-state index is 12.4. The predicted octanol–water partition coefficient (Wildman–Crippen LogP) is 3.77. The molecule has 1 heterocycles. The van der Waals surface area contributed by atoms with Crippen LogP contribution >= 0.6 is 0 Å². The topological polar surface area (TPSA) is 54.0 Å². The lowest BCUT2D eigenvalue weighted by molar-refractivity contribution is 0.102. The monoisotopic (exact) mass is 283 g/mol. The Morgan fingerprint density at radius 1 is 1.19 bits per heavy atom. The van der Waals surface area contributed by atoms with Crippen molar-refractivity contribution in [1.82, 2.24) is 4.98 Å². The number of anilines is 2. The number of pyridine rings is 1. The van der Waals surface area contributed by atoms with Gasteiger partial charge in [0.1, 0.15) is 5.82 Å². The van der Waals surface area contributed by atoms with Crippen molar-refractivity contribution in [2.45, 2.75) is 27.2 Å². The van der Waals surface area contributed by atoms with Gasteiger partial charge in [0.15, 0.2) is 0 Å². The van der Waals surface area contributed by atoms with Gasteiger partial charge in [0.05, 0.1) is 5.56 Å². The van der Waals surface area contributed by atoms with Crippen LogP contribution in [0.4, 0.5) is 11.5 Å².